The SMILES string of the molecule is CN=C(NCc1cccc(Br)c1)NC(C)(C)C.I. The predicted octanol–water partition coefficient (Wildman–Crippen LogP) is 3.53. The Morgan fingerprint density at radius 3 is 2.50 bits per heavy atom. The molecular formula is C13H21BrIN3. The molecule has 0 aliphatic carbocycles. The summed E-state index contributed by atoms with van der Waals surface area (Å²) in [4.78, 5) is 4.19. The predicted molar refractivity (Wildman–Crippen MR) is 92.6 cm³/mol. The van der Waals surface area contributed by atoms with Crippen molar-refractivity contribution in [2.75, 3.05) is 7.05 Å². The van der Waals surface area contributed by atoms with Crippen LogP contribution in [-0.2, 0) is 6.54 Å². The smallest absolute Gasteiger partial charge is 0.191 e. The highest BCUT2D eigenvalue weighted by Crippen LogP contribution is 2.11. The van der Waals surface area contributed by atoms with Crippen molar-refractivity contribution in [2.45, 2.75) is 32.9 Å². The Bertz CT molecular complexity index is 399. The van der Waals surface area contributed by atoms with Gasteiger partial charge in [0, 0.05) is 23.6 Å². The average molecular weight is 426 g/mol. The fourth-order valence-electron chi connectivity index (χ4n) is 1.37. The molecule has 0 bridgehead atoms. The van der Waals surface area contributed by atoms with Crippen molar-refractivity contribution in [2.24, 2.45) is 4.99 Å². The molecule has 102 valence electrons. The number of benzene rings is 1. The summed E-state index contributed by atoms with van der Waals surface area (Å²) in [6.45, 7) is 7.09. The molecule has 0 fully saturated rings. The summed E-state index contributed by atoms with van der Waals surface area (Å²) in [7, 11) is 1.78. The minimum Gasteiger partial charge on any atom is -0.352 e. The quantitative estimate of drug-likeness (QED) is 0.432. The average Bonchev–Trinajstić information content (AvgIpc) is 2.23. The lowest BCUT2D eigenvalue weighted by Crippen LogP contribution is -2.47. The Hall–Kier alpha value is -0.300. The number of aliphatic imine (C=N–C) groups is 1. The molecule has 0 atom stereocenters. The van der Waals surface area contributed by atoms with Gasteiger partial charge in [0.2, 0.25) is 0 Å². The molecule has 0 aliphatic rings. The van der Waals surface area contributed by atoms with Crippen LogP contribution in [0.5, 0.6) is 0 Å². The van der Waals surface area contributed by atoms with Gasteiger partial charge in [-0.05, 0) is 38.5 Å². The molecule has 1 rings (SSSR count). The second-order valence-corrected chi connectivity index (χ2v) is 5.85. The van der Waals surface area contributed by atoms with E-state index in [0.717, 1.165) is 17.0 Å². The van der Waals surface area contributed by atoms with Crippen molar-refractivity contribution in [3.63, 3.8) is 0 Å². The van der Waals surface area contributed by atoms with Crippen molar-refractivity contribution in [1.82, 2.24) is 10.6 Å². The van der Waals surface area contributed by atoms with Gasteiger partial charge >= 0.3 is 0 Å². The molecule has 0 saturated carbocycles. The summed E-state index contributed by atoms with van der Waals surface area (Å²) >= 11 is 3.46. The standard InChI is InChI=1S/C13H20BrN3.HI/c1-13(2,3)17-12(15-4)16-9-10-6-5-7-11(14)8-10;/h5-8H,9H2,1-4H3,(H2,15,16,17);1H. The molecule has 0 aliphatic heterocycles. The lowest BCUT2D eigenvalue weighted by Gasteiger charge is -2.23. The van der Waals surface area contributed by atoms with Crippen molar-refractivity contribution in [3.8, 4) is 0 Å². The highest BCUT2D eigenvalue weighted by molar-refractivity contribution is 14.0. The number of nitrogens with one attached hydrogen (secondary N) is 2. The zero-order valence-corrected chi connectivity index (χ0v) is 15.2. The third-order valence-electron chi connectivity index (χ3n) is 2.07. The van der Waals surface area contributed by atoms with Gasteiger partial charge in [-0.15, -0.1) is 24.0 Å². The highest BCUT2D eigenvalue weighted by Gasteiger charge is 2.11. The van der Waals surface area contributed by atoms with Gasteiger partial charge in [-0.3, -0.25) is 4.99 Å². The second kappa shape index (κ2) is 7.99. The summed E-state index contributed by atoms with van der Waals surface area (Å²) in [6, 6.07) is 8.23. The molecule has 5 heteroatoms. The van der Waals surface area contributed by atoms with Crippen LogP contribution in [0.1, 0.15) is 26.3 Å². The van der Waals surface area contributed by atoms with Crippen molar-refractivity contribution < 1.29 is 0 Å². The molecule has 3 nitrogen and oxygen atoms in total. The molecule has 1 aromatic carbocycles. The molecule has 0 radical (unpaired) electrons. The van der Waals surface area contributed by atoms with Crippen LogP contribution in [0, 0.1) is 0 Å². The lowest BCUT2D eigenvalue weighted by molar-refractivity contribution is 0.501. The van der Waals surface area contributed by atoms with E-state index >= 15 is 0 Å². The summed E-state index contributed by atoms with van der Waals surface area (Å²) in [5.74, 6) is 0.817. The minimum absolute atomic E-state index is 0. The fourth-order valence-corrected chi connectivity index (χ4v) is 1.81. The van der Waals surface area contributed by atoms with Crippen LogP contribution in [-0.4, -0.2) is 18.5 Å². The third-order valence-corrected chi connectivity index (χ3v) is 2.56. The first-order chi connectivity index (χ1) is 7.90. The van der Waals surface area contributed by atoms with Gasteiger partial charge in [0.15, 0.2) is 5.96 Å². The number of nitrogens with zero attached hydrogens (tertiary/aromatic N) is 1. The van der Waals surface area contributed by atoms with E-state index in [-0.39, 0.29) is 29.5 Å². The van der Waals surface area contributed by atoms with Gasteiger partial charge in [-0.1, -0.05) is 28.1 Å². The van der Waals surface area contributed by atoms with Crippen molar-refractivity contribution >= 4 is 45.9 Å². The molecule has 0 unspecified atom stereocenters. The zero-order valence-electron chi connectivity index (χ0n) is 11.2. The van der Waals surface area contributed by atoms with Gasteiger partial charge in [0.25, 0.3) is 0 Å². The second-order valence-electron chi connectivity index (χ2n) is 4.93. The maximum atomic E-state index is 4.19. The molecular weight excluding hydrogens is 405 g/mol. The van der Waals surface area contributed by atoms with Crippen molar-refractivity contribution in [1.29, 1.82) is 0 Å². The van der Waals surface area contributed by atoms with Crippen LogP contribution >= 0.6 is 39.9 Å². The molecule has 0 heterocycles. The van der Waals surface area contributed by atoms with Gasteiger partial charge in [0.05, 0.1) is 0 Å². The monoisotopic (exact) mass is 425 g/mol. The Balaban J connectivity index is 0.00000289. The Labute approximate surface area is 135 Å². The summed E-state index contributed by atoms with van der Waals surface area (Å²) in [5, 5.41) is 6.61. The van der Waals surface area contributed by atoms with Gasteiger partial charge in [-0.2, -0.15) is 0 Å². The first kappa shape index (κ1) is 17.7. The number of rotatable bonds is 2. The molecule has 0 saturated heterocycles. The Kier molecular flexibility index (Phi) is 7.86. The Morgan fingerprint density at radius 1 is 1.33 bits per heavy atom. The molecule has 0 amide bonds. The maximum absolute atomic E-state index is 4.19. The highest BCUT2D eigenvalue weighted by atomic mass is 127. The number of hydrogen-bond donors (Lipinski definition) is 2. The largest absolute Gasteiger partial charge is 0.352 e. The fraction of sp³-hybridized carbons (Fsp3) is 0.462. The molecule has 1 aromatic rings. The van der Waals surface area contributed by atoms with Gasteiger partial charge in [-0.25, -0.2) is 0 Å². The van der Waals surface area contributed by atoms with Crippen LogP contribution < -0.4 is 10.6 Å². The lowest BCUT2D eigenvalue weighted by atomic mass is 10.1. The van der Waals surface area contributed by atoms with Crippen LogP contribution in [0.15, 0.2) is 33.7 Å². The topological polar surface area (TPSA) is 36.4 Å². The van der Waals surface area contributed by atoms with E-state index in [2.05, 4.69) is 64.5 Å². The van der Waals surface area contributed by atoms with Gasteiger partial charge in [0.1, 0.15) is 0 Å². The van der Waals surface area contributed by atoms with Crippen LogP contribution in [0.25, 0.3) is 0 Å². The molecule has 2 N–H and O–H groups in total. The minimum atomic E-state index is 0. The van der Waals surface area contributed by atoms with E-state index in [1.807, 2.05) is 12.1 Å². The van der Waals surface area contributed by atoms with E-state index < -0.39 is 0 Å². The third kappa shape index (κ3) is 7.20. The van der Waals surface area contributed by atoms with Crippen LogP contribution in [0.3, 0.4) is 0 Å². The van der Waals surface area contributed by atoms with Crippen LogP contribution in [0.4, 0.5) is 0 Å². The molecule has 0 aromatic heterocycles. The van der Waals surface area contributed by atoms with E-state index in [4.69, 9.17) is 0 Å². The first-order valence-electron chi connectivity index (χ1n) is 5.64. The first-order valence-corrected chi connectivity index (χ1v) is 6.43. The summed E-state index contributed by atoms with van der Waals surface area (Å²) in [6.07, 6.45) is 0. The van der Waals surface area contributed by atoms with Crippen LogP contribution in [0.2, 0.25) is 0 Å². The van der Waals surface area contributed by atoms with E-state index in [1.54, 1.807) is 7.05 Å². The number of guanidine groups is 1. The number of hydrogen-bond acceptors (Lipinski definition) is 1. The van der Waals surface area contributed by atoms with E-state index in [1.165, 1.54) is 5.56 Å². The molecule has 18 heavy (non-hydrogen) atoms. The van der Waals surface area contributed by atoms with E-state index in [0.29, 0.717) is 0 Å². The zero-order chi connectivity index (χ0) is 12.9. The number of halogens is 2. The van der Waals surface area contributed by atoms with Crippen molar-refractivity contribution in [3.05, 3.63) is 34.3 Å². The normalized spacial score (nSPS) is 11.7. The van der Waals surface area contributed by atoms with Gasteiger partial charge < -0.3 is 10.6 Å². The summed E-state index contributed by atoms with van der Waals surface area (Å²) < 4.78 is 1.09. The Morgan fingerprint density at radius 2 is 2.00 bits per heavy atom. The maximum Gasteiger partial charge on any atom is 0.191 e. The summed E-state index contributed by atoms with van der Waals surface area (Å²) in [5.41, 5.74) is 1.23. The van der Waals surface area contributed by atoms with E-state index in [9.17, 15) is 0 Å². The molecule has 0 spiro atoms.